The molecule has 50 heavy (non-hydrogen) atoms. The summed E-state index contributed by atoms with van der Waals surface area (Å²) in [6, 6.07) is 59.7. The van der Waals surface area contributed by atoms with Crippen LogP contribution in [-0.2, 0) is 0 Å². The minimum atomic E-state index is 0.692. The largest absolute Gasteiger partial charge is 0.455 e. The van der Waals surface area contributed by atoms with E-state index in [1.807, 2.05) is 12.1 Å². The van der Waals surface area contributed by atoms with Gasteiger partial charge in [0.1, 0.15) is 11.2 Å². The second-order valence-electron chi connectivity index (χ2n) is 12.6. The zero-order valence-electron chi connectivity index (χ0n) is 26.9. The molecule has 0 spiro atoms. The summed E-state index contributed by atoms with van der Waals surface area (Å²) < 4.78 is 8.76. The minimum Gasteiger partial charge on any atom is -0.455 e. The lowest BCUT2D eigenvalue weighted by atomic mass is 9.95. The standard InChI is InChI=1S/C46H28N2OS/c1-2-12-29(13-3-1)30-14-8-15-31(26-30)32-16-9-17-33(27-32)34-18-10-19-35(28-34)46-47-42-38-21-5-7-25-41(38)50-45(42)43(48-46)39-23-11-22-37-36-20-4-6-24-40(36)49-44(37)39/h1-28H. The first-order chi connectivity index (χ1) is 24.8. The van der Waals surface area contributed by atoms with Gasteiger partial charge in [0.05, 0.1) is 15.9 Å². The molecule has 0 amide bonds. The van der Waals surface area contributed by atoms with Crippen LogP contribution in [-0.4, -0.2) is 9.97 Å². The van der Waals surface area contributed by atoms with Crippen LogP contribution in [0.3, 0.4) is 0 Å². The molecule has 0 fully saturated rings. The second-order valence-corrected chi connectivity index (χ2v) is 13.6. The van der Waals surface area contributed by atoms with Gasteiger partial charge in [-0.25, -0.2) is 9.97 Å². The quantitative estimate of drug-likeness (QED) is 0.185. The number of aromatic nitrogens is 2. The van der Waals surface area contributed by atoms with E-state index < -0.39 is 0 Å². The van der Waals surface area contributed by atoms with Crippen LogP contribution in [0.15, 0.2) is 174 Å². The number of hydrogen-bond donors (Lipinski definition) is 0. The lowest BCUT2D eigenvalue weighted by molar-refractivity contribution is 0.670. The molecule has 0 aliphatic heterocycles. The Bertz CT molecular complexity index is 2880. The molecule has 7 aromatic carbocycles. The zero-order valence-corrected chi connectivity index (χ0v) is 27.7. The van der Waals surface area contributed by atoms with Gasteiger partial charge >= 0.3 is 0 Å². The Morgan fingerprint density at radius 2 is 0.960 bits per heavy atom. The molecule has 3 heterocycles. The molecule has 0 atom stereocenters. The summed E-state index contributed by atoms with van der Waals surface area (Å²) in [5, 5.41) is 3.33. The second kappa shape index (κ2) is 11.7. The molecular formula is C46H28N2OS. The van der Waals surface area contributed by atoms with Crippen molar-refractivity contribution >= 4 is 53.6 Å². The van der Waals surface area contributed by atoms with E-state index in [1.165, 1.54) is 27.0 Å². The number of furan rings is 1. The van der Waals surface area contributed by atoms with E-state index in [1.54, 1.807) is 11.3 Å². The van der Waals surface area contributed by atoms with Crippen LogP contribution in [0.4, 0.5) is 0 Å². The van der Waals surface area contributed by atoms with E-state index >= 15 is 0 Å². The highest BCUT2D eigenvalue weighted by atomic mass is 32.1. The van der Waals surface area contributed by atoms with E-state index in [0.29, 0.717) is 5.82 Å². The highest BCUT2D eigenvalue weighted by Gasteiger charge is 2.20. The average molecular weight is 657 g/mol. The Kier molecular flexibility index (Phi) is 6.68. The van der Waals surface area contributed by atoms with Crippen LogP contribution < -0.4 is 0 Å². The van der Waals surface area contributed by atoms with Crippen molar-refractivity contribution in [1.29, 1.82) is 0 Å². The molecule has 0 saturated carbocycles. The van der Waals surface area contributed by atoms with Gasteiger partial charge in [-0.1, -0.05) is 133 Å². The van der Waals surface area contributed by atoms with Gasteiger partial charge in [-0.05, 0) is 69.8 Å². The zero-order chi connectivity index (χ0) is 33.0. The van der Waals surface area contributed by atoms with Crippen molar-refractivity contribution < 1.29 is 4.42 Å². The maximum absolute atomic E-state index is 6.51. The first-order valence-electron chi connectivity index (χ1n) is 16.7. The fourth-order valence-corrected chi connectivity index (χ4v) is 8.21. The third-order valence-electron chi connectivity index (χ3n) is 9.50. The SMILES string of the molecule is c1ccc(-c2cccc(-c3cccc(-c4cccc(-c5nc(-c6cccc7c6oc6ccccc67)c6sc7ccccc7c6n5)c4)c3)c2)cc1. The van der Waals surface area contributed by atoms with Crippen LogP contribution in [0.25, 0.3) is 98.3 Å². The van der Waals surface area contributed by atoms with Crippen LogP contribution in [0, 0.1) is 0 Å². The fourth-order valence-electron chi connectivity index (χ4n) is 7.06. The molecule has 3 nitrogen and oxygen atoms in total. The first-order valence-corrected chi connectivity index (χ1v) is 17.6. The fraction of sp³-hybridized carbons (Fsp3) is 0. The average Bonchev–Trinajstić information content (AvgIpc) is 3.77. The molecule has 0 bridgehead atoms. The van der Waals surface area contributed by atoms with Crippen molar-refractivity contribution in [3.63, 3.8) is 0 Å². The molecule has 3 aromatic heterocycles. The van der Waals surface area contributed by atoms with E-state index in [4.69, 9.17) is 14.4 Å². The van der Waals surface area contributed by atoms with Crippen molar-refractivity contribution in [2.75, 3.05) is 0 Å². The van der Waals surface area contributed by atoms with Crippen molar-refractivity contribution in [2.45, 2.75) is 0 Å². The van der Waals surface area contributed by atoms with Gasteiger partial charge in [0.25, 0.3) is 0 Å². The van der Waals surface area contributed by atoms with Crippen LogP contribution in [0.2, 0.25) is 0 Å². The minimum absolute atomic E-state index is 0.692. The summed E-state index contributed by atoms with van der Waals surface area (Å²) in [6.45, 7) is 0. The molecule has 10 aromatic rings. The smallest absolute Gasteiger partial charge is 0.160 e. The molecule has 0 unspecified atom stereocenters. The predicted molar refractivity (Wildman–Crippen MR) is 209 cm³/mol. The third-order valence-corrected chi connectivity index (χ3v) is 10.7. The first kappa shape index (κ1) is 28.6. The van der Waals surface area contributed by atoms with Crippen LogP contribution in [0.1, 0.15) is 0 Å². The number of nitrogens with zero attached hydrogens (tertiary/aromatic N) is 2. The molecule has 10 rings (SSSR count). The van der Waals surface area contributed by atoms with E-state index in [9.17, 15) is 0 Å². The lowest BCUT2D eigenvalue weighted by Gasteiger charge is -2.11. The molecule has 0 aliphatic carbocycles. The normalized spacial score (nSPS) is 11.6. The Hall–Kier alpha value is -6.36. The summed E-state index contributed by atoms with van der Waals surface area (Å²) in [4.78, 5) is 10.6. The molecule has 0 radical (unpaired) electrons. The lowest BCUT2D eigenvalue weighted by Crippen LogP contribution is -1.94. The van der Waals surface area contributed by atoms with E-state index in [2.05, 4.69) is 158 Å². The number of thiophene rings is 1. The Morgan fingerprint density at radius 1 is 0.420 bits per heavy atom. The van der Waals surface area contributed by atoms with E-state index in [-0.39, 0.29) is 0 Å². The summed E-state index contributed by atoms with van der Waals surface area (Å²) in [7, 11) is 0. The topological polar surface area (TPSA) is 38.9 Å². The summed E-state index contributed by atoms with van der Waals surface area (Å²) >= 11 is 1.73. The number of hydrogen-bond acceptors (Lipinski definition) is 4. The third kappa shape index (κ3) is 4.80. The highest BCUT2D eigenvalue weighted by Crippen LogP contribution is 2.43. The Morgan fingerprint density at radius 3 is 1.70 bits per heavy atom. The van der Waals surface area contributed by atoms with E-state index in [0.717, 1.165) is 65.5 Å². The summed E-state index contributed by atoms with van der Waals surface area (Å²) in [5.41, 5.74) is 12.6. The highest BCUT2D eigenvalue weighted by molar-refractivity contribution is 7.26. The Labute approximate surface area is 292 Å². The number of rotatable bonds is 5. The van der Waals surface area contributed by atoms with Gasteiger partial charge in [0.2, 0.25) is 0 Å². The van der Waals surface area contributed by atoms with Crippen molar-refractivity contribution in [1.82, 2.24) is 9.97 Å². The van der Waals surface area contributed by atoms with Gasteiger partial charge < -0.3 is 4.42 Å². The number of para-hydroxylation sites is 2. The van der Waals surface area contributed by atoms with Crippen molar-refractivity contribution in [2.24, 2.45) is 0 Å². The monoisotopic (exact) mass is 656 g/mol. The van der Waals surface area contributed by atoms with Gasteiger partial charge in [0.15, 0.2) is 5.82 Å². The molecule has 4 heteroatoms. The molecule has 0 saturated heterocycles. The van der Waals surface area contributed by atoms with Gasteiger partial charge in [-0.2, -0.15) is 0 Å². The van der Waals surface area contributed by atoms with Crippen molar-refractivity contribution in [3.05, 3.63) is 170 Å². The van der Waals surface area contributed by atoms with Crippen LogP contribution >= 0.6 is 11.3 Å². The summed E-state index contributed by atoms with van der Waals surface area (Å²) in [5.74, 6) is 0.692. The van der Waals surface area contributed by atoms with Crippen molar-refractivity contribution in [3.8, 4) is 56.0 Å². The molecule has 0 N–H and O–H groups in total. The molecule has 0 aliphatic rings. The van der Waals surface area contributed by atoms with Gasteiger partial charge in [0, 0.05) is 32.0 Å². The molecular weight excluding hydrogens is 629 g/mol. The number of benzene rings is 7. The summed E-state index contributed by atoms with van der Waals surface area (Å²) in [6.07, 6.45) is 0. The van der Waals surface area contributed by atoms with Gasteiger partial charge in [-0.15, -0.1) is 11.3 Å². The predicted octanol–water partition coefficient (Wildman–Crippen LogP) is 13.1. The number of fused-ring (bicyclic) bond motifs is 6. The van der Waals surface area contributed by atoms with Gasteiger partial charge in [-0.3, -0.25) is 0 Å². The maximum atomic E-state index is 6.51. The maximum Gasteiger partial charge on any atom is 0.160 e. The van der Waals surface area contributed by atoms with Crippen LogP contribution in [0.5, 0.6) is 0 Å². The molecule has 234 valence electrons. The Balaban J connectivity index is 1.11.